The summed E-state index contributed by atoms with van der Waals surface area (Å²) < 4.78 is 5.41. The third kappa shape index (κ3) is 4.18. The molecule has 4 nitrogen and oxygen atoms in total. The Balaban J connectivity index is 1.51. The highest BCUT2D eigenvalue weighted by Crippen LogP contribution is 2.23. The molecule has 136 valence electrons. The molecule has 0 spiro atoms. The van der Waals surface area contributed by atoms with E-state index in [1.54, 1.807) is 0 Å². The molecule has 4 heteroatoms. The number of hydrogen-bond donors (Lipinski definition) is 1. The zero-order valence-electron chi connectivity index (χ0n) is 15.1. The molecule has 0 aliphatic carbocycles. The van der Waals surface area contributed by atoms with E-state index < -0.39 is 0 Å². The molecule has 3 aromatic rings. The number of carbonyl (C=O) groups is 1. The molecule has 0 aromatic heterocycles. The molecule has 1 amide bonds. The Morgan fingerprint density at radius 2 is 1.56 bits per heavy atom. The number of carbonyl (C=O) groups excluding carboxylic acids is 1. The number of nitrogens with one attached hydrogen (secondary N) is 1. The van der Waals surface area contributed by atoms with Crippen molar-refractivity contribution in [2.75, 3.05) is 36.5 Å². The standard InChI is InChI=1S/C23H22N2O2/c26-23(20-9-4-8-19(16-20)18-6-2-1-3-7-18)24-21-10-5-11-22(17-21)25-12-14-27-15-13-25/h1-11,16-17H,12-15H2,(H,24,26). The zero-order valence-corrected chi connectivity index (χ0v) is 15.1. The number of anilines is 2. The SMILES string of the molecule is O=C(Nc1cccc(N2CCOCC2)c1)c1cccc(-c2ccccc2)c1. The fraction of sp³-hybridized carbons (Fsp3) is 0.174. The Morgan fingerprint density at radius 3 is 2.37 bits per heavy atom. The van der Waals surface area contributed by atoms with Gasteiger partial charge in [-0.25, -0.2) is 0 Å². The van der Waals surface area contributed by atoms with Gasteiger partial charge in [0.1, 0.15) is 0 Å². The maximum Gasteiger partial charge on any atom is 0.255 e. The lowest BCUT2D eigenvalue weighted by Gasteiger charge is -2.29. The molecule has 0 bridgehead atoms. The van der Waals surface area contributed by atoms with Crippen LogP contribution in [0, 0.1) is 0 Å². The van der Waals surface area contributed by atoms with Crippen LogP contribution >= 0.6 is 0 Å². The molecule has 1 fully saturated rings. The monoisotopic (exact) mass is 358 g/mol. The van der Waals surface area contributed by atoms with Crippen LogP contribution in [0.2, 0.25) is 0 Å². The maximum absolute atomic E-state index is 12.7. The first-order chi connectivity index (χ1) is 13.3. The largest absolute Gasteiger partial charge is 0.378 e. The van der Waals surface area contributed by atoms with Crippen molar-refractivity contribution < 1.29 is 9.53 Å². The second-order valence-corrected chi connectivity index (χ2v) is 6.55. The lowest BCUT2D eigenvalue weighted by atomic mass is 10.0. The second-order valence-electron chi connectivity index (χ2n) is 6.55. The topological polar surface area (TPSA) is 41.6 Å². The summed E-state index contributed by atoms with van der Waals surface area (Å²) in [6.07, 6.45) is 0. The fourth-order valence-corrected chi connectivity index (χ4v) is 3.28. The first kappa shape index (κ1) is 17.3. The Hall–Kier alpha value is -3.11. The summed E-state index contributed by atoms with van der Waals surface area (Å²) in [5.74, 6) is -0.105. The van der Waals surface area contributed by atoms with Crippen LogP contribution in [0.5, 0.6) is 0 Å². The Labute approximate surface area is 159 Å². The minimum Gasteiger partial charge on any atom is -0.378 e. The van der Waals surface area contributed by atoms with Crippen molar-refractivity contribution in [1.82, 2.24) is 0 Å². The van der Waals surface area contributed by atoms with E-state index in [-0.39, 0.29) is 5.91 Å². The summed E-state index contributed by atoms with van der Waals surface area (Å²) >= 11 is 0. The molecule has 0 unspecified atom stereocenters. The Morgan fingerprint density at radius 1 is 0.815 bits per heavy atom. The van der Waals surface area contributed by atoms with Gasteiger partial charge in [-0.15, -0.1) is 0 Å². The first-order valence-corrected chi connectivity index (χ1v) is 9.19. The van der Waals surface area contributed by atoms with Gasteiger partial charge in [0, 0.05) is 30.0 Å². The van der Waals surface area contributed by atoms with E-state index in [1.165, 1.54) is 0 Å². The van der Waals surface area contributed by atoms with Crippen LogP contribution < -0.4 is 10.2 Å². The molecule has 3 aromatic carbocycles. The highest BCUT2D eigenvalue weighted by molar-refractivity contribution is 6.05. The number of ether oxygens (including phenoxy) is 1. The van der Waals surface area contributed by atoms with Crippen LogP contribution in [0.15, 0.2) is 78.9 Å². The zero-order chi connectivity index (χ0) is 18.5. The van der Waals surface area contributed by atoms with Gasteiger partial charge in [0.25, 0.3) is 5.91 Å². The van der Waals surface area contributed by atoms with Crippen molar-refractivity contribution in [2.24, 2.45) is 0 Å². The molecule has 1 N–H and O–H groups in total. The number of hydrogen-bond acceptors (Lipinski definition) is 3. The number of nitrogens with zero attached hydrogens (tertiary/aromatic N) is 1. The average molecular weight is 358 g/mol. The molecule has 1 saturated heterocycles. The third-order valence-electron chi connectivity index (χ3n) is 4.71. The van der Waals surface area contributed by atoms with Crippen LogP contribution in [0.1, 0.15) is 10.4 Å². The second kappa shape index (κ2) is 8.06. The molecule has 1 aliphatic rings. The van der Waals surface area contributed by atoms with Crippen molar-refractivity contribution in [1.29, 1.82) is 0 Å². The van der Waals surface area contributed by atoms with E-state index in [9.17, 15) is 4.79 Å². The number of benzene rings is 3. The van der Waals surface area contributed by atoms with Crippen LogP contribution in [0.4, 0.5) is 11.4 Å². The van der Waals surface area contributed by atoms with Crippen LogP contribution in [-0.4, -0.2) is 32.2 Å². The quantitative estimate of drug-likeness (QED) is 0.749. The Kier molecular flexibility index (Phi) is 5.17. The molecular formula is C23H22N2O2. The predicted octanol–water partition coefficient (Wildman–Crippen LogP) is 4.44. The van der Waals surface area contributed by atoms with E-state index >= 15 is 0 Å². The van der Waals surface area contributed by atoms with Gasteiger partial charge in [-0.1, -0.05) is 48.5 Å². The lowest BCUT2D eigenvalue weighted by Crippen LogP contribution is -2.36. The minimum absolute atomic E-state index is 0.105. The summed E-state index contributed by atoms with van der Waals surface area (Å²) in [7, 11) is 0. The van der Waals surface area contributed by atoms with Crippen molar-refractivity contribution in [2.45, 2.75) is 0 Å². The first-order valence-electron chi connectivity index (χ1n) is 9.19. The van der Waals surface area contributed by atoms with Gasteiger partial charge in [0.05, 0.1) is 13.2 Å². The van der Waals surface area contributed by atoms with Crippen LogP contribution in [0.25, 0.3) is 11.1 Å². The van der Waals surface area contributed by atoms with Gasteiger partial charge in [0.2, 0.25) is 0 Å². The van der Waals surface area contributed by atoms with Gasteiger partial charge in [-0.05, 0) is 41.5 Å². The van der Waals surface area contributed by atoms with Crippen LogP contribution in [0.3, 0.4) is 0 Å². The van der Waals surface area contributed by atoms with Gasteiger partial charge in [-0.3, -0.25) is 4.79 Å². The van der Waals surface area contributed by atoms with Crippen molar-refractivity contribution in [3.8, 4) is 11.1 Å². The van der Waals surface area contributed by atoms with E-state index in [4.69, 9.17) is 4.74 Å². The number of amides is 1. The molecular weight excluding hydrogens is 336 g/mol. The number of rotatable bonds is 4. The van der Waals surface area contributed by atoms with Gasteiger partial charge in [0.15, 0.2) is 0 Å². The highest BCUT2D eigenvalue weighted by atomic mass is 16.5. The normalized spacial score (nSPS) is 14.0. The highest BCUT2D eigenvalue weighted by Gasteiger charge is 2.13. The number of morpholine rings is 1. The van der Waals surface area contributed by atoms with E-state index in [0.29, 0.717) is 5.56 Å². The van der Waals surface area contributed by atoms with Gasteiger partial charge < -0.3 is 15.0 Å². The van der Waals surface area contributed by atoms with E-state index in [2.05, 4.69) is 16.3 Å². The average Bonchev–Trinajstić information content (AvgIpc) is 2.75. The van der Waals surface area contributed by atoms with Crippen LogP contribution in [-0.2, 0) is 4.74 Å². The molecule has 1 heterocycles. The molecule has 0 atom stereocenters. The Bertz CT molecular complexity index is 918. The summed E-state index contributed by atoms with van der Waals surface area (Å²) in [5, 5.41) is 3.02. The smallest absolute Gasteiger partial charge is 0.255 e. The molecule has 27 heavy (non-hydrogen) atoms. The summed E-state index contributed by atoms with van der Waals surface area (Å²) in [4.78, 5) is 15.0. The van der Waals surface area contributed by atoms with Gasteiger partial charge >= 0.3 is 0 Å². The van der Waals surface area contributed by atoms with Crippen molar-refractivity contribution in [3.63, 3.8) is 0 Å². The van der Waals surface area contributed by atoms with E-state index in [0.717, 1.165) is 48.8 Å². The summed E-state index contributed by atoms with van der Waals surface area (Å²) in [6.45, 7) is 3.22. The molecule has 0 saturated carbocycles. The summed E-state index contributed by atoms with van der Waals surface area (Å²) in [6, 6.07) is 25.8. The summed E-state index contributed by atoms with van der Waals surface area (Å²) in [5.41, 5.74) is 4.68. The van der Waals surface area contributed by atoms with Gasteiger partial charge in [-0.2, -0.15) is 0 Å². The van der Waals surface area contributed by atoms with Crippen molar-refractivity contribution >= 4 is 17.3 Å². The van der Waals surface area contributed by atoms with E-state index in [1.807, 2.05) is 72.8 Å². The predicted molar refractivity (Wildman–Crippen MR) is 109 cm³/mol. The maximum atomic E-state index is 12.7. The minimum atomic E-state index is -0.105. The van der Waals surface area contributed by atoms with Crippen molar-refractivity contribution in [3.05, 3.63) is 84.4 Å². The molecule has 1 aliphatic heterocycles. The molecule has 0 radical (unpaired) electrons. The fourth-order valence-electron chi connectivity index (χ4n) is 3.28. The lowest BCUT2D eigenvalue weighted by molar-refractivity contribution is 0.102. The third-order valence-corrected chi connectivity index (χ3v) is 4.71. The molecule has 4 rings (SSSR count).